The van der Waals surface area contributed by atoms with Gasteiger partial charge in [-0.15, -0.1) is 0 Å². The second-order valence-corrected chi connectivity index (χ2v) is 11.8. The van der Waals surface area contributed by atoms with Crippen molar-refractivity contribution < 1.29 is 14.3 Å². The zero-order valence-electron chi connectivity index (χ0n) is 24.4. The fourth-order valence-corrected chi connectivity index (χ4v) is 6.38. The number of para-hydroxylation sites is 2. The van der Waals surface area contributed by atoms with Crippen molar-refractivity contribution in [2.75, 3.05) is 54.9 Å². The summed E-state index contributed by atoms with van der Waals surface area (Å²) in [7, 11) is 0. The topological polar surface area (TPSA) is 99.9 Å². The molecule has 3 heterocycles. The molecule has 8 heteroatoms. The van der Waals surface area contributed by atoms with Crippen molar-refractivity contribution in [3.63, 3.8) is 0 Å². The monoisotopic (exact) mass is 567 g/mol. The summed E-state index contributed by atoms with van der Waals surface area (Å²) < 4.78 is 6.45. The SMILES string of the molecule is C[C@H]1CCN(C(=O)c2ccc(-c3ccc4c(c3)CCN4)c(OCCCN3CCC(C(N)=O)CC3)c2)c2ccccc2N1. The van der Waals surface area contributed by atoms with Crippen LogP contribution in [-0.4, -0.2) is 62.1 Å². The third-order valence-electron chi connectivity index (χ3n) is 8.85. The smallest absolute Gasteiger partial charge is 0.258 e. The van der Waals surface area contributed by atoms with Gasteiger partial charge in [0, 0.05) is 48.4 Å². The minimum Gasteiger partial charge on any atom is -0.493 e. The lowest BCUT2D eigenvalue weighted by atomic mass is 9.96. The Morgan fingerprint density at radius 1 is 0.976 bits per heavy atom. The molecule has 0 bridgehead atoms. The maximum absolute atomic E-state index is 14.0. The molecule has 0 aromatic heterocycles. The number of fused-ring (bicyclic) bond motifs is 2. The average molecular weight is 568 g/mol. The molecule has 0 radical (unpaired) electrons. The summed E-state index contributed by atoms with van der Waals surface area (Å²) in [5, 5.41) is 6.97. The number of benzene rings is 3. The summed E-state index contributed by atoms with van der Waals surface area (Å²) in [4.78, 5) is 29.8. The molecule has 2 amide bonds. The van der Waals surface area contributed by atoms with Gasteiger partial charge in [0.1, 0.15) is 5.75 Å². The maximum atomic E-state index is 14.0. The number of amides is 2. The van der Waals surface area contributed by atoms with Gasteiger partial charge in [0.15, 0.2) is 0 Å². The zero-order valence-corrected chi connectivity index (χ0v) is 24.4. The molecule has 8 nitrogen and oxygen atoms in total. The zero-order chi connectivity index (χ0) is 29.1. The number of nitrogens with zero attached hydrogens (tertiary/aromatic N) is 2. The van der Waals surface area contributed by atoms with Gasteiger partial charge in [0.25, 0.3) is 5.91 Å². The first-order valence-electron chi connectivity index (χ1n) is 15.3. The quantitative estimate of drug-likeness (QED) is 0.326. The number of piperidine rings is 1. The maximum Gasteiger partial charge on any atom is 0.258 e. The number of carbonyl (C=O) groups is 2. The van der Waals surface area contributed by atoms with Gasteiger partial charge in [-0.25, -0.2) is 0 Å². The minimum atomic E-state index is -0.184. The van der Waals surface area contributed by atoms with Crippen LogP contribution in [0.5, 0.6) is 5.75 Å². The van der Waals surface area contributed by atoms with Crippen molar-refractivity contribution >= 4 is 28.9 Å². The van der Waals surface area contributed by atoms with Crippen LogP contribution in [0.2, 0.25) is 0 Å². The van der Waals surface area contributed by atoms with E-state index in [1.54, 1.807) is 0 Å². The molecule has 220 valence electrons. The fraction of sp³-hybridized carbons (Fsp3) is 0.412. The molecule has 0 saturated carbocycles. The first kappa shape index (κ1) is 28.1. The van der Waals surface area contributed by atoms with Gasteiger partial charge in [0.05, 0.1) is 18.0 Å². The van der Waals surface area contributed by atoms with Gasteiger partial charge in [-0.1, -0.05) is 18.2 Å². The second-order valence-electron chi connectivity index (χ2n) is 11.8. The molecule has 42 heavy (non-hydrogen) atoms. The van der Waals surface area contributed by atoms with Crippen molar-refractivity contribution in [2.24, 2.45) is 11.7 Å². The number of ether oxygens (including phenoxy) is 1. The number of nitrogens with one attached hydrogen (secondary N) is 2. The molecule has 1 atom stereocenters. The third-order valence-corrected chi connectivity index (χ3v) is 8.85. The van der Waals surface area contributed by atoms with Crippen LogP contribution in [0.25, 0.3) is 11.1 Å². The van der Waals surface area contributed by atoms with Crippen LogP contribution in [0, 0.1) is 5.92 Å². The van der Waals surface area contributed by atoms with Crippen LogP contribution in [0.15, 0.2) is 60.7 Å². The molecule has 3 aromatic rings. The standard InChI is InChI=1S/C34H41N5O3/c1-23-12-19-39(31-6-3-2-5-30(31)37-23)34(41)27-7-9-28(25-8-10-29-26(21-25)11-15-36-29)32(22-27)42-20-4-16-38-17-13-24(14-18-38)33(35)40/h2-3,5-10,21-24,36-37H,4,11-20H2,1H3,(H2,35,40)/t23-/m0/s1. The first-order chi connectivity index (χ1) is 20.5. The molecule has 1 fully saturated rings. The van der Waals surface area contributed by atoms with E-state index in [-0.39, 0.29) is 23.8 Å². The van der Waals surface area contributed by atoms with E-state index >= 15 is 0 Å². The molecule has 0 aliphatic carbocycles. The van der Waals surface area contributed by atoms with Crippen LogP contribution in [0.1, 0.15) is 48.5 Å². The Morgan fingerprint density at radius 2 is 1.81 bits per heavy atom. The lowest BCUT2D eigenvalue weighted by Crippen LogP contribution is -2.39. The van der Waals surface area contributed by atoms with E-state index in [4.69, 9.17) is 10.5 Å². The Labute approximate surface area is 248 Å². The van der Waals surface area contributed by atoms with E-state index in [0.717, 1.165) is 86.5 Å². The van der Waals surface area contributed by atoms with Crippen LogP contribution in [-0.2, 0) is 11.2 Å². The Kier molecular flexibility index (Phi) is 8.33. The number of hydrogen-bond donors (Lipinski definition) is 3. The van der Waals surface area contributed by atoms with Crippen molar-refractivity contribution in [2.45, 2.75) is 45.1 Å². The van der Waals surface area contributed by atoms with Gasteiger partial charge >= 0.3 is 0 Å². The Hall–Kier alpha value is -4.04. The molecule has 3 aliphatic heterocycles. The lowest BCUT2D eigenvalue weighted by molar-refractivity contribution is -0.123. The summed E-state index contributed by atoms with van der Waals surface area (Å²) in [6.45, 7) is 6.97. The predicted octanol–water partition coefficient (Wildman–Crippen LogP) is 5.14. The molecule has 0 spiro atoms. The normalized spacial score (nSPS) is 18.8. The Morgan fingerprint density at radius 3 is 2.64 bits per heavy atom. The summed E-state index contributed by atoms with van der Waals surface area (Å²) in [6, 6.07) is 20.7. The molecule has 0 unspecified atom stereocenters. The van der Waals surface area contributed by atoms with E-state index in [9.17, 15) is 9.59 Å². The number of hydrogen-bond acceptors (Lipinski definition) is 6. The molecular formula is C34H41N5O3. The van der Waals surface area contributed by atoms with E-state index in [1.807, 2.05) is 47.4 Å². The highest BCUT2D eigenvalue weighted by molar-refractivity contribution is 6.08. The largest absolute Gasteiger partial charge is 0.493 e. The summed E-state index contributed by atoms with van der Waals surface area (Å²) >= 11 is 0. The first-order valence-corrected chi connectivity index (χ1v) is 15.3. The number of carbonyl (C=O) groups excluding carboxylic acids is 2. The number of nitrogens with two attached hydrogens (primary N) is 1. The number of rotatable bonds is 8. The molecule has 3 aromatic carbocycles. The van der Waals surface area contributed by atoms with Gasteiger partial charge in [-0.05, 0) is 106 Å². The van der Waals surface area contributed by atoms with Gasteiger partial charge in [-0.2, -0.15) is 0 Å². The number of likely N-dealkylation sites (tertiary alicyclic amines) is 1. The van der Waals surface area contributed by atoms with Crippen molar-refractivity contribution in [1.29, 1.82) is 0 Å². The molecular weight excluding hydrogens is 526 g/mol. The van der Waals surface area contributed by atoms with Crippen molar-refractivity contribution in [1.82, 2.24) is 4.90 Å². The fourth-order valence-electron chi connectivity index (χ4n) is 6.38. The summed E-state index contributed by atoms with van der Waals surface area (Å²) in [6.07, 6.45) is 4.37. The summed E-state index contributed by atoms with van der Waals surface area (Å²) in [5.74, 6) is 0.522. The van der Waals surface area contributed by atoms with Crippen molar-refractivity contribution in [3.05, 3.63) is 71.8 Å². The van der Waals surface area contributed by atoms with Gasteiger partial charge in [-0.3, -0.25) is 9.59 Å². The van der Waals surface area contributed by atoms with Crippen LogP contribution in [0.4, 0.5) is 17.1 Å². The highest BCUT2D eigenvalue weighted by atomic mass is 16.5. The Bertz CT molecular complexity index is 1450. The van der Waals surface area contributed by atoms with Crippen LogP contribution >= 0.6 is 0 Å². The van der Waals surface area contributed by atoms with Gasteiger partial charge < -0.3 is 30.9 Å². The predicted molar refractivity (Wildman–Crippen MR) is 168 cm³/mol. The highest BCUT2D eigenvalue weighted by Crippen LogP contribution is 2.36. The minimum absolute atomic E-state index is 0.00184. The lowest BCUT2D eigenvalue weighted by Gasteiger charge is -2.30. The average Bonchev–Trinajstić information content (AvgIpc) is 3.41. The van der Waals surface area contributed by atoms with E-state index < -0.39 is 0 Å². The van der Waals surface area contributed by atoms with E-state index in [2.05, 4.69) is 40.7 Å². The van der Waals surface area contributed by atoms with Crippen molar-refractivity contribution in [3.8, 4) is 16.9 Å². The van der Waals surface area contributed by atoms with E-state index in [1.165, 1.54) is 11.3 Å². The third kappa shape index (κ3) is 6.09. The molecule has 3 aliphatic rings. The summed E-state index contributed by atoms with van der Waals surface area (Å²) in [5.41, 5.74) is 12.6. The number of primary amides is 1. The van der Waals surface area contributed by atoms with E-state index in [0.29, 0.717) is 18.7 Å². The highest BCUT2D eigenvalue weighted by Gasteiger charge is 2.26. The Balaban J connectivity index is 1.22. The second kappa shape index (κ2) is 12.4. The number of anilines is 3. The molecule has 1 saturated heterocycles. The molecule has 4 N–H and O–H groups in total. The molecule has 6 rings (SSSR count). The van der Waals surface area contributed by atoms with Crippen LogP contribution in [0.3, 0.4) is 0 Å². The van der Waals surface area contributed by atoms with Gasteiger partial charge in [0.2, 0.25) is 5.91 Å². The van der Waals surface area contributed by atoms with Crippen LogP contribution < -0.4 is 26.0 Å².